The van der Waals surface area contributed by atoms with Crippen LogP contribution in [0.3, 0.4) is 0 Å². The summed E-state index contributed by atoms with van der Waals surface area (Å²) in [5, 5.41) is 16.8. The van der Waals surface area contributed by atoms with Crippen LogP contribution < -0.4 is 15.1 Å². The van der Waals surface area contributed by atoms with Crippen LogP contribution in [0.15, 0.2) is 35.0 Å². The zero-order valence-corrected chi connectivity index (χ0v) is 9.21. The lowest BCUT2D eigenvalue weighted by molar-refractivity contribution is -0.750. The second-order valence-electron chi connectivity index (χ2n) is 3.58. The molecule has 1 aromatic heterocycles. The highest BCUT2D eigenvalue weighted by Gasteiger charge is 2.12. The van der Waals surface area contributed by atoms with Crippen molar-refractivity contribution in [3.8, 4) is 5.95 Å². The molecule has 2 rings (SSSR count). The van der Waals surface area contributed by atoms with Gasteiger partial charge in [0.2, 0.25) is 6.20 Å². The predicted octanol–water partition coefficient (Wildman–Crippen LogP) is -0.0172. The Labute approximate surface area is 97.5 Å². The highest BCUT2D eigenvalue weighted by atomic mass is 16.6. The number of hydrogen-bond donors (Lipinski definition) is 1. The molecule has 2 aromatic rings. The Bertz CT molecular complexity index is 536. The van der Waals surface area contributed by atoms with Gasteiger partial charge in [0.15, 0.2) is 0 Å². The van der Waals surface area contributed by atoms with E-state index in [0.717, 1.165) is 22.1 Å². The minimum absolute atomic E-state index is 0.0555. The molecule has 1 amide bonds. The minimum Gasteiger partial charge on any atom is -0.539 e. The molecule has 0 radical (unpaired) electrons. The van der Waals surface area contributed by atoms with Gasteiger partial charge in [-0.15, -0.1) is 0 Å². The van der Waals surface area contributed by atoms with Gasteiger partial charge in [0.05, 0.1) is 5.27 Å². The van der Waals surface area contributed by atoms with E-state index in [1.807, 2.05) is 25.1 Å². The molecule has 6 heteroatoms. The molecule has 6 nitrogen and oxygen atoms in total. The molecule has 0 unspecified atom stereocenters. The Morgan fingerprint density at radius 2 is 2.29 bits per heavy atom. The number of amides is 1. The molecule has 0 aliphatic carbocycles. The van der Waals surface area contributed by atoms with E-state index in [4.69, 9.17) is 0 Å². The maximum absolute atomic E-state index is 11.6. The third-order valence-corrected chi connectivity index (χ3v) is 2.21. The van der Waals surface area contributed by atoms with Gasteiger partial charge in [-0.2, -0.15) is 0 Å². The number of nitrogens with zero attached hydrogens (tertiary/aromatic N) is 2. The molecule has 0 spiro atoms. The van der Waals surface area contributed by atoms with Gasteiger partial charge in [-0.25, -0.2) is 0 Å². The van der Waals surface area contributed by atoms with Crippen molar-refractivity contribution in [1.29, 1.82) is 0 Å². The number of carbonyl (C=O) groups excluding carboxylic acids is 1. The van der Waals surface area contributed by atoms with Crippen LogP contribution in [0.1, 0.15) is 5.56 Å². The number of benzene rings is 1. The summed E-state index contributed by atoms with van der Waals surface area (Å²) in [5.74, 6) is -0.841. The smallest absolute Gasteiger partial charge is 0.292 e. The third-order valence-electron chi connectivity index (χ3n) is 2.21. The van der Waals surface area contributed by atoms with Crippen molar-refractivity contribution in [2.24, 2.45) is 0 Å². The molecule has 0 atom stereocenters. The Kier molecular flexibility index (Phi) is 3.04. The average Bonchev–Trinajstić information content (AvgIpc) is 2.67. The van der Waals surface area contributed by atoms with E-state index >= 15 is 0 Å². The minimum atomic E-state index is -0.575. The molecule has 1 N–H and O–H groups in total. The standard InChI is InChI=1S/C11H11N3O3/c1-8-4-2-3-5-9(8)12-10(15)6-14-7-11(16)17-13-14/h2-5,7H,6H2,1H3,(H-,12,13,15,16). The summed E-state index contributed by atoms with van der Waals surface area (Å²) in [7, 11) is 0. The number of anilines is 1. The quantitative estimate of drug-likeness (QED) is 0.755. The first-order valence-electron chi connectivity index (χ1n) is 5.04. The Hall–Kier alpha value is -2.37. The topological polar surface area (TPSA) is 82.1 Å². The van der Waals surface area contributed by atoms with Crippen molar-refractivity contribution in [2.45, 2.75) is 13.5 Å². The second-order valence-corrected chi connectivity index (χ2v) is 3.58. The van der Waals surface area contributed by atoms with Crippen molar-refractivity contribution in [2.75, 3.05) is 5.32 Å². The maximum atomic E-state index is 11.6. The SMILES string of the molecule is Cc1ccccc1NC(=O)C[n+]1cc([O-])on1. The van der Waals surface area contributed by atoms with Gasteiger partial charge in [-0.05, 0) is 18.6 Å². The molecule has 0 aliphatic heterocycles. The first kappa shape index (κ1) is 11.1. The summed E-state index contributed by atoms with van der Waals surface area (Å²) in [6.07, 6.45) is 1.12. The van der Waals surface area contributed by atoms with Gasteiger partial charge in [0.25, 0.3) is 12.5 Å². The van der Waals surface area contributed by atoms with Crippen molar-refractivity contribution >= 4 is 11.6 Å². The van der Waals surface area contributed by atoms with E-state index in [1.165, 1.54) is 0 Å². The highest BCUT2D eigenvalue weighted by Crippen LogP contribution is 2.12. The summed E-state index contributed by atoms with van der Waals surface area (Å²) in [6.45, 7) is 1.84. The lowest BCUT2D eigenvalue weighted by atomic mass is 10.2. The lowest BCUT2D eigenvalue weighted by Gasteiger charge is -2.04. The monoisotopic (exact) mass is 233 g/mol. The lowest BCUT2D eigenvalue weighted by Crippen LogP contribution is -2.41. The van der Waals surface area contributed by atoms with E-state index in [2.05, 4.69) is 15.1 Å². The zero-order chi connectivity index (χ0) is 12.3. The van der Waals surface area contributed by atoms with Crippen LogP contribution in [0.2, 0.25) is 0 Å². The number of aryl methyl sites for hydroxylation is 1. The number of aromatic nitrogens is 2. The number of hydrogen-bond acceptors (Lipinski definition) is 4. The van der Waals surface area contributed by atoms with Crippen LogP contribution in [0.5, 0.6) is 5.95 Å². The molecule has 0 saturated carbocycles. The largest absolute Gasteiger partial charge is 0.539 e. The summed E-state index contributed by atoms with van der Waals surface area (Å²) in [6, 6.07) is 7.43. The number of nitrogens with one attached hydrogen (secondary N) is 1. The van der Waals surface area contributed by atoms with Crippen LogP contribution in [-0.2, 0) is 11.3 Å². The number of rotatable bonds is 3. The van der Waals surface area contributed by atoms with Gasteiger partial charge in [-0.1, -0.05) is 22.9 Å². The van der Waals surface area contributed by atoms with E-state index in [9.17, 15) is 9.90 Å². The molecule has 1 heterocycles. The van der Waals surface area contributed by atoms with Crippen molar-refractivity contribution < 1.29 is 19.1 Å². The summed E-state index contributed by atoms with van der Waals surface area (Å²) < 4.78 is 5.47. The Morgan fingerprint density at radius 1 is 1.53 bits per heavy atom. The molecule has 0 aliphatic rings. The fraction of sp³-hybridized carbons (Fsp3) is 0.182. The second kappa shape index (κ2) is 4.65. The van der Waals surface area contributed by atoms with Gasteiger partial charge < -0.3 is 14.9 Å². The fourth-order valence-corrected chi connectivity index (χ4v) is 1.39. The molecule has 0 saturated heterocycles. The first-order chi connectivity index (χ1) is 8.15. The Morgan fingerprint density at radius 3 is 2.94 bits per heavy atom. The van der Waals surface area contributed by atoms with Crippen molar-refractivity contribution in [3.63, 3.8) is 0 Å². The first-order valence-corrected chi connectivity index (χ1v) is 5.04. The van der Waals surface area contributed by atoms with Crippen LogP contribution in [-0.4, -0.2) is 11.2 Å². The van der Waals surface area contributed by atoms with Crippen LogP contribution in [0, 0.1) is 6.92 Å². The summed E-state index contributed by atoms with van der Waals surface area (Å²) in [4.78, 5) is 11.6. The average molecular weight is 233 g/mol. The van der Waals surface area contributed by atoms with E-state index in [1.54, 1.807) is 6.07 Å². The van der Waals surface area contributed by atoms with Crippen LogP contribution in [0.25, 0.3) is 0 Å². The fourth-order valence-electron chi connectivity index (χ4n) is 1.39. The van der Waals surface area contributed by atoms with Gasteiger partial charge in [0.1, 0.15) is 5.95 Å². The predicted molar refractivity (Wildman–Crippen MR) is 56.0 cm³/mol. The van der Waals surface area contributed by atoms with Gasteiger partial charge >= 0.3 is 0 Å². The maximum Gasteiger partial charge on any atom is 0.292 e. The molecule has 17 heavy (non-hydrogen) atoms. The van der Waals surface area contributed by atoms with Gasteiger partial charge in [-0.3, -0.25) is 4.79 Å². The van der Waals surface area contributed by atoms with E-state index in [0.29, 0.717) is 0 Å². The molecular formula is C11H11N3O3. The number of para-hydroxylation sites is 1. The molecular weight excluding hydrogens is 222 g/mol. The Balaban J connectivity index is 2.01. The normalized spacial score (nSPS) is 10.2. The molecule has 0 bridgehead atoms. The van der Waals surface area contributed by atoms with Crippen molar-refractivity contribution in [1.82, 2.24) is 5.27 Å². The highest BCUT2D eigenvalue weighted by molar-refractivity contribution is 5.90. The zero-order valence-electron chi connectivity index (χ0n) is 9.21. The third kappa shape index (κ3) is 2.81. The van der Waals surface area contributed by atoms with Gasteiger partial charge in [0, 0.05) is 5.69 Å². The van der Waals surface area contributed by atoms with E-state index < -0.39 is 5.95 Å². The van der Waals surface area contributed by atoms with E-state index in [-0.39, 0.29) is 12.5 Å². The van der Waals surface area contributed by atoms with Crippen LogP contribution >= 0.6 is 0 Å². The summed E-state index contributed by atoms with van der Waals surface area (Å²) >= 11 is 0. The molecule has 0 fully saturated rings. The molecule has 88 valence electrons. The van der Waals surface area contributed by atoms with Crippen molar-refractivity contribution in [3.05, 3.63) is 36.0 Å². The number of carbonyl (C=O) groups is 1. The summed E-state index contributed by atoms with van der Waals surface area (Å²) in [5.41, 5.74) is 1.71. The van der Waals surface area contributed by atoms with Crippen LogP contribution in [0.4, 0.5) is 5.69 Å². The molecule has 1 aromatic carbocycles.